The van der Waals surface area contributed by atoms with Crippen LogP contribution in [0.2, 0.25) is 0 Å². The van der Waals surface area contributed by atoms with Gasteiger partial charge in [-0.3, -0.25) is 18.7 Å². The molecule has 0 spiro atoms. The Kier molecular flexibility index (Phi) is 10.4. The molecule has 10 heteroatoms. The molecule has 0 saturated carbocycles. The number of nitrogens with zero attached hydrogens (tertiary/aromatic N) is 4. The third-order valence-corrected chi connectivity index (χ3v) is 10.7. The van der Waals surface area contributed by atoms with Gasteiger partial charge in [-0.05, 0) is 134 Å². The Morgan fingerprint density at radius 2 is 1.17 bits per heavy atom. The molecule has 60 heavy (non-hydrogen) atoms. The van der Waals surface area contributed by atoms with Gasteiger partial charge in [0.15, 0.2) is 23.0 Å². The summed E-state index contributed by atoms with van der Waals surface area (Å²) in [4.78, 5) is 38.5. The Labute approximate surface area is 346 Å². The molecular formula is C50H42N4O6. The molecule has 0 fully saturated rings. The zero-order valence-electron chi connectivity index (χ0n) is 34.0. The number of aromatic hydroxyl groups is 2. The van der Waals surface area contributed by atoms with Crippen molar-refractivity contribution < 1.29 is 19.7 Å². The van der Waals surface area contributed by atoms with Crippen molar-refractivity contribution in [2.45, 2.75) is 27.7 Å². The van der Waals surface area contributed by atoms with Gasteiger partial charge in [0.1, 0.15) is 11.6 Å². The number of hydrogen-bond donors (Lipinski definition) is 2. The Morgan fingerprint density at radius 1 is 0.533 bits per heavy atom. The molecule has 0 aliphatic rings. The highest BCUT2D eigenvalue weighted by Gasteiger charge is 2.18. The molecule has 2 N–H and O–H groups in total. The summed E-state index contributed by atoms with van der Waals surface area (Å²) >= 11 is 0. The van der Waals surface area contributed by atoms with Gasteiger partial charge in [-0.2, -0.15) is 0 Å². The van der Waals surface area contributed by atoms with Crippen molar-refractivity contribution in [1.82, 2.24) is 19.1 Å². The molecule has 0 atom stereocenters. The highest BCUT2D eigenvalue weighted by Crippen LogP contribution is 2.38. The first-order chi connectivity index (χ1) is 29.0. The van der Waals surface area contributed by atoms with Gasteiger partial charge in [0.2, 0.25) is 0 Å². The van der Waals surface area contributed by atoms with Crippen LogP contribution < -0.4 is 20.6 Å². The van der Waals surface area contributed by atoms with Gasteiger partial charge in [-0.15, -0.1) is 0 Å². The van der Waals surface area contributed by atoms with E-state index in [0.29, 0.717) is 67.1 Å². The molecule has 0 unspecified atom stereocenters. The Bertz CT molecular complexity index is 3180. The van der Waals surface area contributed by atoms with Crippen LogP contribution in [-0.2, 0) is 0 Å². The SMILES string of the molecule is COc1cccc(/C=C/c2nc3cc(-c4cc(/C=C/c5nc6ccccc6c(=O)n5-c5cc(C)ccc5C)c(O)c(OC)c4)ccc3c(=O)n2-c2c(C)cccc2C)c1O. The van der Waals surface area contributed by atoms with Crippen molar-refractivity contribution in [1.29, 1.82) is 0 Å². The van der Waals surface area contributed by atoms with Crippen molar-refractivity contribution in [2.75, 3.05) is 14.2 Å². The van der Waals surface area contributed by atoms with E-state index in [1.807, 2.05) is 88.4 Å². The van der Waals surface area contributed by atoms with Crippen molar-refractivity contribution >= 4 is 46.1 Å². The largest absolute Gasteiger partial charge is 0.504 e. The van der Waals surface area contributed by atoms with E-state index in [2.05, 4.69) is 0 Å². The van der Waals surface area contributed by atoms with Gasteiger partial charge < -0.3 is 19.7 Å². The minimum absolute atomic E-state index is 0.0311. The number of phenols is 2. The molecule has 6 aromatic carbocycles. The highest BCUT2D eigenvalue weighted by molar-refractivity contribution is 5.88. The summed E-state index contributed by atoms with van der Waals surface area (Å²) in [5.41, 5.74) is 7.96. The van der Waals surface area contributed by atoms with E-state index in [0.717, 1.165) is 27.9 Å². The fourth-order valence-electron chi connectivity index (χ4n) is 7.57. The molecule has 0 aliphatic carbocycles. The summed E-state index contributed by atoms with van der Waals surface area (Å²) in [6, 6.07) is 33.1. The maximum Gasteiger partial charge on any atom is 0.266 e. The number of fused-ring (bicyclic) bond motifs is 2. The van der Waals surface area contributed by atoms with Crippen LogP contribution in [0.25, 0.3) is 68.6 Å². The number of methoxy groups -OCH3 is 2. The highest BCUT2D eigenvalue weighted by atomic mass is 16.5. The van der Waals surface area contributed by atoms with Crippen LogP contribution in [0.4, 0.5) is 0 Å². The third kappa shape index (κ3) is 7.08. The molecule has 0 amide bonds. The molecule has 0 saturated heterocycles. The normalized spacial score (nSPS) is 11.6. The Morgan fingerprint density at radius 3 is 1.92 bits per heavy atom. The van der Waals surface area contributed by atoms with Crippen LogP contribution in [0.1, 0.15) is 45.0 Å². The number of rotatable bonds is 9. The predicted molar refractivity (Wildman–Crippen MR) is 240 cm³/mol. The summed E-state index contributed by atoms with van der Waals surface area (Å²) in [5.74, 6) is 1.16. The lowest BCUT2D eigenvalue weighted by molar-refractivity contribution is 0.373. The predicted octanol–water partition coefficient (Wildman–Crippen LogP) is 9.75. The minimum atomic E-state index is -0.261. The fourth-order valence-corrected chi connectivity index (χ4v) is 7.57. The molecule has 2 aromatic heterocycles. The van der Waals surface area contributed by atoms with E-state index < -0.39 is 0 Å². The maximum atomic E-state index is 14.5. The standard InChI is InChI=1S/C50H42N4O6/c1-29-17-18-30(2)41(25-29)53-44(51-39-15-8-7-14-37(39)49(53)57)24-21-35-26-36(28-43(60-6)48(35)56)34-19-22-38-40(27-34)52-45(23-20-33-13-10-16-42(59-5)47(33)55)54(50(38)58)46-31(3)11-9-12-32(46)4/h7-28,55-56H,1-6H3/b23-20+,24-21+. The maximum absolute atomic E-state index is 14.5. The Balaban J connectivity index is 1.28. The van der Waals surface area contributed by atoms with E-state index >= 15 is 0 Å². The van der Waals surface area contributed by atoms with E-state index in [1.165, 1.54) is 14.2 Å². The van der Waals surface area contributed by atoms with Crippen LogP contribution >= 0.6 is 0 Å². The Hall–Kier alpha value is -7.72. The second-order valence-corrected chi connectivity index (χ2v) is 14.7. The molecule has 0 radical (unpaired) electrons. The van der Waals surface area contributed by atoms with Crippen LogP contribution in [0.15, 0.2) is 119 Å². The van der Waals surface area contributed by atoms with Crippen molar-refractivity contribution in [3.8, 4) is 45.5 Å². The van der Waals surface area contributed by atoms with E-state index in [1.54, 1.807) is 82.0 Å². The zero-order chi connectivity index (χ0) is 42.2. The summed E-state index contributed by atoms with van der Waals surface area (Å²) in [6.45, 7) is 7.83. The number of phenolic OH excluding ortho intramolecular Hbond substituents is 2. The van der Waals surface area contributed by atoms with Gasteiger partial charge in [0, 0.05) is 11.1 Å². The number of aromatic nitrogens is 4. The van der Waals surface area contributed by atoms with Gasteiger partial charge in [-0.25, -0.2) is 9.97 Å². The molecule has 0 bridgehead atoms. The fraction of sp³-hybridized carbons (Fsp3) is 0.120. The first-order valence-corrected chi connectivity index (χ1v) is 19.3. The number of aryl methyl sites for hydroxylation is 4. The van der Waals surface area contributed by atoms with Crippen LogP contribution in [0.5, 0.6) is 23.0 Å². The number of hydrogen-bond acceptors (Lipinski definition) is 8. The average molecular weight is 795 g/mol. The topological polar surface area (TPSA) is 129 Å². The average Bonchev–Trinajstić information content (AvgIpc) is 3.24. The number of benzene rings is 6. The summed E-state index contributed by atoms with van der Waals surface area (Å²) in [7, 11) is 2.96. The van der Waals surface area contributed by atoms with E-state index in [4.69, 9.17) is 19.4 Å². The first kappa shape index (κ1) is 39.1. The second kappa shape index (κ2) is 15.9. The van der Waals surface area contributed by atoms with Crippen molar-refractivity contribution in [3.63, 3.8) is 0 Å². The molecule has 298 valence electrons. The lowest BCUT2D eigenvalue weighted by atomic mass is 10.00. The van der Waals surface area contributed by atoms with Crippen LogP contribution in [0, 0.1) is 27.7 Å². The molecular weight excluding hydrogens is 753 g/mol. The molecule has 8 rings (SSSR count). The molecule has 10 nitrogen and oxygen atoms in total. The van der Waals surface area contributed by atoms with Gasteiger partial charge >= 0.3 is 0 Å². The van der Waals surface area contributed by atoms with Crippen molar-refractivity contribution in [3.05, 3.63) is 175 Å². The summed E-state index contributed by atoms with van der Waals surface area (Å²) < 4.78 is 14.2. The smallest absolute Gasteiger partial charge is 0.266 e. The third-order valence-electron chi connectivity index (χ3n) is 10.7. The second-order valence-electron chi connectivity index (χ2n) is 14.7. The lowest BCUT2D eigenvalue weighted by Gasteiger charge is -2.17. The van der Waals surface area contributed by atoms with Crippen molar-refractivity contribution in [2.24, 2.45) is 0 Å². The number of para-hydroxylation sites is 3. The number of ether oxygens (including phenoxy) is 2. The lowest BCUT2D eigenvalue weighted by Crippen LogP contribution is -2.24. The summed E-state index contributed by atoms with van der Waals surface area (Å²) in [5, 5.41) is 23.1. The van der Waals surface area contributed by atoms with Gasteiger partial charge in [0.25, 0.3) is 11.1 Å². The van der Waals surface area contributed by atoms with Gasteiger partial charge in [-0.1, -0.05) is 60.7 Å². The molecule has 0 aliphatic heterocycles. The van der Waals surface area contributed by atoms with E-state index in [-0.39, 0.29) is 28.4 Å². The molecule has 2 heterocycles. The van der Waals surface area contributed by atoms with E-state index in [9.17, 15) is 19.8 Å². The van der Waals surface area contributed by atoms with Gasteiger partial charge in [0.05, 0.1) is 47.4 Å². The minimum Gasteiger partial charge on any atom is -0.504 e. The zero-order valence-corrected chi connectivity index (χ0v) is 34.0. The molecule has 8 aromatic rings. The first-order valence-electron chi connectivity index (χ1n) is 19.3. The monoisotopic (exact) mass is 794 g/mol. The quantitative estimate of drug-likeness (QED) is 0.148. The van der Waals surface area contributed by atoms with Crippen LogP contribution in [0.3, 0.4) is 0 Å². The summed E-state index contributed by atoms with van der Waals surface area (Å²) in [6.07, 6.45) is 6.83. The van der Waals surface area contributed by atoms with Crippen LogP contribution in [-0.4, -0.2) is 43.5 Å².